The molecule has 0 aliphatic carbocycles. The maximum atomic E-state index is 2.31. The normalized spacial score (nSPS) is 10.7. The van der Waals surface area contributed by atoms with Crippen molar-refractivity contribution in [3.8, 4) is 0 Å². The summed E-state index contributed by atoms with van der Waals surface area (Å²) in [5, 5.41) is 0. The number of benzene rings is 6. The van der Waals surface area contributed by atoms with Crippen LogP contribution in [0.1, 0.15) is 260 Å². The Morgan fingerprint density at radius 3 is 1.03 bits per heavy atom. The minimum atomic E-state index is 0. The van der Waals surface area contributed by atoms with Crippen molar-refractivity contribution >= 4 is 0 Å². The van der Waals surface area contributed by atoms with Gasteiger partial charge in [0.2, 0.25) is 0 Å². The Morgan fingerprint density at radius 2 is 0.603 bits per heavy atom. The van der Waals surface area contributed by atoms with Crippen LogP contribution in [0.4, 0.5) is 0 Å². The van der Waals surface area contributed by atoms with E-state index in [1.54, 1.807) is 0 Å². The number of rotatable bonds is 6. The lowest BCUT2D eigenvalue weighted by Gasteiger charge is -2.15. The zero-order valence-electron chi connectivity index (χ0n) is 52.4. The van der Waals surface area contributed by atoms with Gasteiger partial charge in [0.1, 0.15) is 0 Å². The molecule has 0 radical (unpaired) electrons. The van der Waals surface area contributed by atoms with Crippen LogP contribution in [0.15, 0.2) is 72.8 Å². The molecule has 0 heteroatoms. The zero-order valence-corrected chi connectivity index (χ0v) is 52.4. The van der Waals surface area contributed by atoms with E-state index in [4.69, 9.17) is 0 Å². The highest BCUT2D eigenvalue weighted by molar-refractivity contribution is 5.43. The molecule has 0 heterocycles. The highest BCUT2D eigenvalue weighted by atomic mass is 14.2. The Labute approximate surface area is 454 Å². The number of aryl methyl sites for hydroxylation is 13. The van der Waals surface area contributed by atoms with Crippen LogP contribution in [0, 0.1) is 125 Å². The van der Waals surface area contributed by atoms with Gasteiger partial charge in [-0.25, -0.2) is 0 Å². The molecule has 0 saturated carbocycles. The summed E-state index contributed by atoms with van der Waals surface area (Å²) >= 11 is 0. The predicted octanol–water partition coefficient (Wildman–Crippen LogP) is 23.0. The topological polar surface area (TPSA) is 0 Å². The predicted molar refractivity (Wildman–Crippen MR) is 335 cm³/mol. The first kappa shape index (κ1) is 68.3. The number of hydrogen-bond acceptors (Lipinski definition) is 0. The number of hydrogen-bond donors (Lipinski definition) is 0. The molecule has 0 aromatic heterocycles. The van der Waals surface area contributed by atoms with Crippen LogP contribution >= 0.6 is 0 Å². The van der Waals surface area contributed by atoms with Crippen molar-refractivity contribution < 1.29 is 0 Å². The lowest BCUT2D eigenvalue weighted by atomic mass is 9.91. The highest BCUT2D eigenvalue weighted by Gasteiger charge is 2.11. The van der Waals surface area contributed by atoms with E-state index in [2.05, 4.69) is 281 Å². The minimum Gasteiger partial charge on any atom is -0.0776 e. The van der Waals surface area contributed by atoms with Crippen LogP contribution < -0.4 is 0 Å². The minimum absolute atomic E-state index is 0. The smallest absolute Gasteiger partial charge is 0.0213 e. The summed E-state index contributed by atoms with van der Waals surface area (Å²) in [5.41, 5.74) is 34.5. The van der Waals surface area contributed by atoms with Gasteiger partial charge in [0.05, 0.1) is 0 Å². The largest absolute Gasteiger partial charge is 0.0776 e. The Kier molecular flexibility index (Phi) is 29.3. The average molecular weight is 990 g/mol. The van der Waals surface area contributed by atoms with Crippen LogP contribution in [-0.2, 0) is 0 Å². The van der Waals surface area contributed by atoms with Gasteiger partial charge in [0, 0.05) is 0 Å². The lowest BCUT2D eigenvalue weighted by Crippen LogP contribution is -1.97. The summed E-state index contributed by atoms with van der Waals surface area (Å²) in [5.74, 6) is 3.86. The fourth-order valence-electron chi connectivity index (χ4n) is 10.2. The molecule has 0 spiro atoms. The van der Waals surface area contributed by atoms with Gasteiger partial charge in [-0.1, -0.05) is 174 Å². The fourth-order valence-corrected chi connectivity index (χ4v) is 10.2. The van der Waals surface area contributed by atoms with Crippen molar-refractivity contribution in [1.29, 1.82) is 0 Å². The van der Waals surface area contributed by atoms with Crippen LogP contribution in [0.2, 0.25) is 0 Å². The van der Waals surface area contributed by atoms with E-state index in [-0.39, 0.29) is 7.43 Å². The second-order valence-electron chi connectivity index (χ2n) is 23.6. The first-order valence-electron chi connectivity index (χ1n) is 27.6. The van der Waals surface area contributed by atoms with E-state index >= 15 is 0 Å². The molecule has 0 aliphatic rings. The highest BCUT2D eigenvalue weighted by Crippen LogP contribution is 2.28. The molecule has 0 unspecified atom stereocenters. The summed E-state index contributed by atoms with van der Waals surface area (Å²) in [6.45, 7) is 66.4. The van der Waals surface area contributed by atoms with Gasteiger partial charge >= 0.3 is 0 Å². The second-order valence-corrected chi connectivity index (χ2v) is 23.6. The van der Waals surface area contributed by atoms with Gasteiger partial charge in [-0.15, -0.1) is 0 Å². The molecule has 73 heavy (non-hydrogen) atoms. The second kappa shape index (κ2) is 31.3. The lowest BCUT2D eigenvalue weighted by molar-refractivity contribution is 0.843. The zero-order chi connectivity index (χ0) is 55.8. The Bertz CT molecular complexity index is 2600. The van der Waals surface area contributed by atoms with Crippen molar-refractivity contribution in [2.45, 2.75) is 251 Å². The maximum Gasteiger partial charge on any atom is -0.0213 e. The standard InChI is InChI=1S/6C12H18.CH4/c1-8(2)12-6-9(3)11(5)10(4)7-12;1-8(2)12-7-10(4)9(3)6-11(12)5;1-8(2)12-7-9(3)6-10(4)11(12)5;1-8(2)12-10(4)6-9(3)7-11(12)5;1-8(2)12-7-6-9(3)10(4)11(12)5;1-8(2)12-10(4)7-6-9(3)11(12)5;/h6*6-8H,1-5H3;1H4. The Morgan fingerprint density at radius 1 is 0.219 bits per heavy atom. The van der Waals surface area contributed by atoms with Gasteiger partial charge in [-0.3, -0.25) is 0 Å². The molecule has 404 valence electrons. The van der Waals surface area contributed by atoms with Crippen LogP contribution in [-0.4, -0.2) is 0 Å². The van der Waals surface area contributed by atoms with E-state index in [1.807, 2.05) is 0 Å². The van der Waals surface area contributed by atoms with Crippen molar-refractivity contribution in [2.24, 2.45) is 0 Å². The molecule has 0 saturated heterocycles. The van der Waals surface area contributed by atoms with Crippen LogP contribution in [0.25, 0.3) is 0 Å². The molecule has 0 aliphatic heterocycles. The first-order chi connectivity index (χ1) is 33.2. The van der Waals surface area contributed by atoms with E-state index in [0.29, 0.717) is 35.5 Å². The van der Waals surface area contributed by atoms with E-state index in [0.717, 1.165) is 0 Å². The molecule has 6 rings (SSSR count). The van der Waals surface area contributed by atoms with Gasteiger partial charge in [-0.05, 0) is 283 Å². The Hall–Kier alpha value is -4.68. The fraction of sp³-hybridized carbons (Fsp3) is 0.507. The SMILES string of the molecule is C.Cc1cc(C(C)C)cc(C)c1C.Cc1cc(C)c(C(C)C)c(C)c1.Cc1cc(C)c(C(C)C)cc1C.Cc1cc(C)c(C)c(C(C)C)c1.Cc1ccc(C(C)C)c(C)c1C.Cc1ccc(C)c(C(C)C)c1C. The van der Waals surface area contributed by atoms with Crippen molar-refractivity contribution in [2.75, 3.05) is 0 Å². The molecular weight excluding hydrogens is 877 g/mol. The van der Waals surface area contributed by atoms with E-state index in [1.165, 1.54) is 134 Å². The first-order valence-corrected chi connectivity index (χ1v) is 27.6. The molecule has 0 bridgehead atoms. The van der Waals surface area contributed by atoms with Crippen molar-refractivity contribution in [1.82, 2.24) is 0 Å². The molecule has 0 nitrogen and oxygen atoms in total. The van der Waals surface area contributed by atoms with Crippen LogP contribution in [0.3, 0.4) is 0 Å². The van der Waals surface area contributed by atoms with Crippen molar-refractivity contribution in [3.63, 3.8) is 0 Å². The summed E-state index contributed by atoms with van der Waals surface area (Å²) in [7, 11) is 0. The average Bonchev–Trinajstić information content (AvgIpc) is 3.26. The summed E-state index contributed by atoms with van der Waals surface area (Å²) in [6, 6.07) is 27.2. The van der Waals surface area contributed by atoms with Gasteiger partial charge in [0.15, 0.2) is 0 Å². The quantitative estimate of drug-likeness (QED) is 0.156. The third-order valence-electron chi connectivity index (χ3n) is 15.2. The van der Waals surface area contributed by atoms with Gasteiger partial charge in [0.25, 0.3) is 0 Å². The van der Waals surface area contributed by atoms with E-state index < -0.39 is 0 Å². The summed E-state index contributed by atoms with van der Waals surface area (Å²) in [6.07, 6.45) is 0. The van der Waals surface area contributed by atoms with Gasteiger partial charge in [-0.2, -0.15) is 0 Å². The van der Waals surface area contributed by atoms with Gasteiger partial charge < -0.3 is 0 Å². The third-order valence-corrected chi connectivity index (χ3v) is 15.2. The Balaban J connectivity index is 0.000000850. The molecule has 0 amide bonds. The maximum absolute atomic E-state index is 2.31. The molecule has 0 fully saturated rings. The molecular formula is C73H112. The molecule has 0 N–H and O–H groups in total. The van der Waals surface area contributed by atoms with E-state index in [9.17, 15) is 0 Å². The molecule has 6 aromatic rings. The summed E-state index contributed by atoms with van der Waals surface area (Å²) in [4.78, 5) is 0. The van der Waals surface area contributed by atoms with Crippen molar-refractivity contribution in [3.05, 3.63) is 206 Å². The molecule has 6 aromatic carbocycles. The molecule has 0 atom stereocenters. The third kappa shape index (κ3) is 20.9. The van der Waals surface area contributed by atoms with Crippen LogP contribution in [0.5, 0.6) is 0 Å². The monoisotopic (exact) mass is 989 g/mol. The summed E-state index contributed by atoms with van der Waals surface area (Å²) < 4.78 is 0.